The summed E-state index contributed by atoms with van der Waals surface area (Å²) in [6.45, 7) is 6.63. The number of imide groups is 1. The van der Waals surface area contributed by atoms with Crippen LogP contribution < -0.4 is 9.64 Å². The van der Waals surface area contributed by atoms with Crippen molar-refractivity contribution in [1.82, 2.24) is 0 Å². The summed E-state index contributed by atoms with van der Waals surface area (Å²) in [5.74, 6) is 0.235. The van der Waals surface area contributed by atoms with E-state index in [1.807, 2.05) is 6.92 Å². The van der Waals surface area contributed by atoms with Crippen molar-refractivity contribution in [1.29, 1.82) is 0 Å². The molecular formula is C18H21NO3. The molecule has 0 unspecified atom stereocenters. The molecule has 0 spiro atoms. The molecule has 0 radical (unpaired) electrons. The van der Waals surface area contributed by atoms with Crippen LogP contribution in [-0.4, -0.2) is 18.4 Å². The fourth-order valence-electron chi connectivity index (χ4n) is 3.36. The average molecular weight is 299 g/mol. The zero-order valence-corrected chi connectivity index (χ0v) is 13.3. The number of rotatable bonds is 3. The minimum atomic E-state index is -0.192. The Morgan fingerprint density at radius 2 is 1.50 bits per heavy atom. The Morgan fingerprint density at radius 3 is 1.95 bits per heavy atom. The normalized spacial score (nSPS) is 24.8. The fourth-order valence-corrected chi connectivity index (χ4v) is 3.36. The maximum atomic E-state index is 12.7. The molecule has 1 saturated heterocycles. The lowest BCUT2D eigenvalue weighted by atomic mass is 9.78. The van der Waals surface area contributed by atoms with Gasteiger partial charge < -0.3 is 4.74 Å². The molecule has 0 aromatic heterocycles. The van der Waals surface area contributed by atoms with Gasteiger partial charge in [-0.25, -0.2) is 0 Å². The van der Waals surface area contributed by atoms with E-state index in [1.165, 1.54) is 16.0 Å². The van der Waals surface area contributed by atoms with Crippen molar-refractivity contribution in [2.75, 3.05) is 11.5 Å². The van der Waals surface area contributed by atoms with E-state index in [0.717, 1.165) is 5.75 Å². The predicted octanol–water partition coefficient (Wildman–Crippen LogP) is 3.32. The number of ether oxygens (including phenoxy) is 1. The minimum absolute atomic E-state index is 0.0639. The lowest BCUT2D eigenvalue weighted by Crippen LogP contribution is -2.30. The Labute approximate surface area is 130 Å². The van der Waals surface area contributed by atoms with E-state index < -0.39 is 0 Å². The number of fused-ring (bicyclic) bond motifs is 1. The van der Waals surface area contributed by atoms with Crippen molar-refractivity contribution in [3.8, 4) is 5.75 Å². The molecule has 1 fully saturated rings. The van der Waals surface area contributed by atoms with Gasteiger partial charge in [-0.05, 0) is 57.9 Å². The van der Waals surface area contributed by atoms with Gasteiger partial charge in [-0.2, -0.15) is 0 Å². The number of hydrogen-bond acceptors (Lipinski definition) is 3. The molecule has 1 aliphatic heterocycles. The van der Waals surface area contributed by atoms with E-state index in [2.05, 4.69) is 13.8 Å². The number of benzene rings is 1. The maximum absolute atomic E-state index is 12.7. The molecule has 2 amide bonds. The molecule has 1 aromatic rings. The highest BCUT2D eigenvalue weighted by molar-refractivity contribution is 6.22. The first kappa shape index (κ1) is 14.8. The molecule has 116 valence electrons. The topological polar surface area (TPSA) is 46.6 Å². The van der Waals surface area contributed by atoms with Gasteiger partial charge in [0.1, 0.15) is 5.75 Å². The zero-order valence-electron chi connectivity index (χ0n) is 13.3. The summed E-state index contributed by atoms with van der Waals surface area (Å²) in [7, 11) is 0. The molecule has 0 saturated carbocycles. The van der Waals surface area contributed by atoms with Crippen LogP contribution >= 0.6 is 0 Å². The van der Waals surface area contributed by atoms with Gasteiger partial charge >= 0.3 is 0 Å². The predicted molar refractivity (Wildman–Crippen MR) is 84.7 cm³/mol. The third-order valence-corrected chi connectivity index (χ3v) is 4.75. The van der Waals surface area contributed by atoms with Gasteiger partial charge in [0, 0.05) is 0 Å². The molecule has 0 bridgehead atoms. The number of anilines is 1. The molecule has 1 aliphatic carbocycles. The highest BCUT2D eigenvalue weighted by Gasteiger charge is 2.49. The number of amides is 2. The van der Waals surface area contributed by atoms with Crippen molar-refractivity contribution in [3.05, 3.63) is 35.4 Å². The largest absolute Gasteiger partial charge is 0.494 e. The van der Waals surface area contributed by atoms with Crippen LogP contribution in [0, 0.1) is 11.8 Å². The van der Waals surface area contributed by atoms with Gasteiger partial charge in [0.05, 0.1) is 24.1 Å². The summed E-state index contributed by atoms with van der Waals surface area (Å²) in [5, 5.41) is 0. The highest BCUT2D eigenvalue weighted by Crippen LogP contribution is 2.42. The first-order chi connectivity index (χ1) is 10.5. The van der Waals surface area contributed by atoms with Gasteiger partial charge in [-0.15, -0.1) is 0 Å². The van der Waals surface area contributed by atoms with Crippen LogP contribution in [0.4, 0.5) is 5.69 Å². The quantitative estimate of drug-likeness (QED) is 0.635. The van der Waals surface area contributed by atoms with Crippen molar-refractivity contribution >= 4 is 17.5 Å². The number of nitrogens with zero attached hydrogens (tertiary/aromatic N) is 1. The van der Waals surface area contributed by atoms with Gasteiger partial charge in [0.15, 0.2) is 0 Å². The second-order valence-electron chi connectivity index (χ2n) is 6.12. The number of allylic oxidation sites excluding steroid dienone is 2. The summed E-state index contributed by atoms with van der Waals surface area (Å²) in [6.07, 6.45) is 1.41. The number of hydrogen-bond donors (Lipinski definition) is 0. The van der Waals surface area contributed by atoms with Crippen LogP contribution in [0.2, 0.25) is 0 Å². The standard InChI is InChI=1S/C18H21NO3/c1-4-22-14-7-5-13(6-8-14)19-17(20)15-9-11(2)12(3)10-16(15)18(19)21/h5-8,15-16H,4,9-10H2,1-3H3/t15-,16-/m1/s1. The Balaban J connectivity index is 1.87. The van der Waals surface area contributed by atoms with E-state index in [1.54, 1.807) is 24.3 Å². The van der Waals surface area contributed by atoms with Crippen LogP contribution in [0.5, 0.6) is 5.75 Å². The molecule has 0 N–H and O–H groups in total. The SMILES string of the molecule is CCOc1ccc(N2C(=O)[C@@H]3CC(C)=C(C)C[C@H]3C2=O)cc1. The Bertz CT molecular complexity index is 613. The third kappa shape index (κ3) is 2.32. The van der Waals surface area contributed by atoms with Crippen LogP contribution in [0.15, 0.2) is 35.4 Å². The molecule has 4 nitrogen and oxygen atoms in total. The molecular weight excluding hydrogens is 278 g/mol. The van der Waals surface area contributed by atoms with E-state index in [4.69, 9.17) is 4.74 Å². The van der Waals surface area contributed by atoms with Gasteiger partial charge in [-0.1, -0.05) is 11.1 Å². The summed E-state index contributed by atoms with van der Waals surface area (Å²) >= 11 is 0. The van der Waals surface area contributed by atoms with E-state index >= 15 is 0 Å². The molecule has 2 aliphatic rings. The van der Waals surface area contributed by atoms with Crippen molar-refractivity contribution in [3.63, 3.8) is 0 Å². The first-order valence-electron chi connectivity index (χ1n) is 7.78. The smallest absolute Gasteiger partial charge is 0.238 e. The highest BCUT2D eigenvalue weighted by atomic mass is 16.5. The van der Waals surface area contributed by atoms with Gasteiger partial charge in [0.25, 0.3) is 0 Å². The van der Waals surface area contributed by atoms with Crippen molar-refractivity contribution < 1.29 is 14.3 Å². The lowest BCUT2D eigenvalue weighted by molar-refractivity contribution is -0.122. The zero-order chi connectivity index (χ0) is 15.9. The second-order valence-corrected chi connectivity index (χ2v) is 6.12. The Hall–Kier alpha value is -2.10. The minimum Gasteiger partial charge on any atom is -0.494 e. The van der Waals surface area contributed by atoms with Crippen LogP contribution in [0.1, 0.15) is 33.6 Å². The number of carbonyl (C=O) groups is 2. The summed E-state index contributed by atoms with van der Waals surface area (Å²) in [6, 6.07) is 7.17. The fraction of sp³-hybridized carbons (Fsp3) is 0.444. The molecule has 22 heavy (non-hydrogen) atoms. The van der Waals surface area contributed by atoms with Crippen molar-refractivity contribution in [2.45, 2.75) is 33.6 Å². The number of carbonyl (C=O) groups excluding carboxylic acids is 2. The molecule has 1 heterocycles. The first-order valence-corrected chi connectivity index (χ1v) is 7.78. The third-order valence-electron chi connectivity index (χ3n) is 4.75. The van der Waals surface area contributed by atoms with E-state index in [0.29, 0.717) is 25.1 Å². The lowest BCUT2D eigenvalue weighted by Gasteiger charge is -2.23. The molecule has 1 aromatic carbocycles. The summed E-state index contributed by atoms with van der Waals surface area (Å²) in [5.41, 5.74) is 3.13. The van der Waals surface area contributed by atoms with Gasteiger partial charge in [0.2, 0.25) is 11.8 Å². The monoisotopic (exact) mass is 299 g/mol. The van der Waals surface area contributed by atoms with E-state index in [-0.39, 0.29) is 23.7 Å². The summed E-state index contributed by atoms with van der Waals surface area (Å²) < 4.78 is 5.40. The average Bonchev–Trinajstić information content (AvgIpc) is 2.73. The summed E-state index contributed by atoms with van der Waals surface area (Å²) in [4.78, 5) is 26.7. The molecule has 4 heteroatoms. The Morgan fingerprint density at radius 1 is 1.00 bits per heavy atom. The molecule has 2 atom stereocenters. The van der Waals surface area contributed by atoms with Crippen LogP contribution in [0.25, 0.3) is 0 Å². The maximum Gasteiger partial charge on any atom is 0.238 e. The van der Waals surface area contributed by atoms with Crippen LogP contribution in [-0.2, 0) is 9.59 Å². The second kappa shape index (κ2) is 5.59. The van der Waals surface area contributed by atoms with Gasteiger partial charge in [-0.3, -0.25) is 14.5 Å². The van der Waals surface area contributed by atoms with Crippen LogP contribution in [0.3, 0.4) is 0 Å². The Kier molecular flexibility index (Phi) is 3.77. The van der Waals surface area contributed by atoms with Crippen molar-refractivity contribution in [2.24, 2.45) is 11.8 Å². The van der Waals surface area contributed by atoms with E-state index in [9.17, 15) is 9.59 Å². The molecule has 3 rings (SSSR count).